The van der Waals surface area contributed by atoms with Crippen molar-refractivity contribution in [3.63, 3.8) is 0 Å². The molecule has 3 atom stereocenters. The zero-order valence-electron chi connectivity index (χ0n) is 15.6. The van der Waals surface area contributed by atoms with Gasteiger partial charge in [0.25, 0.3) is 0 Å². The van der Waals surface area contributed by atoms with Crippen molar-refractivity contribution < 1.29 is 30.0 Å². The van der Waals surface area contributed by atoms with Gasteiger partial charge in [-0.05, 0) is 47.9 Å². The summed E-state index contributed by atoms with van der Waals surface area (Å²) in [5.41, 5.74) is -4.60. The highest BCUT2D eigenvalue weighted by Crippen LogP contribution is 2.50. The first-order valence-corrected chi connectivity index (χ1v) is 9.02. The van der Waals surface area contributed by atoms with Crippen molar-refractivity contribution in [2.45, 2.75) is 44.8 Å². The number of phenols is 1. The average molecular weight is 372 g/mol. The maximum atomic E-state index is 12.9. The van der Waals surface area contributed by atoms with Crippen molar-refractivity contribution in [2.75, 3.05) is 0 Å². The minimum Gasteiger partial charge on any atom is -0.507 e. The second-order valence-electron chi connectivity index (χ2n) is 7.85. The molecule has 0 aliphatic heterocycles. The highest BCUT2D eigenvalue weighted by Gasteiger charge is 2.64. The number of aromatic hydroxyl groups is 1. The summed E-state index contributed by atoms with van der Waals surface area (Å²) in [5, 5.41) is 43.5. The number of benzene rings is 2. The fourth-order valence-electron chi connectivity index (χ4n) is 4.03. The lowest BCUT2D eigenvalue weighted by Gasteiger charge is -2.48. The lowest BCUT2D eigenvalue weighted by Crippen LogP contribution is -2.65. The molecule has 6 heteroatoms. The molecule has 2 aromatic rings. The summed E-state index contributed by atoms with van der Waals surface area (Å²) in [6.07, 6.45) is 0.419. The minimum atomic E-state index is -2.66. The maximum absolute atomic E-state index is 12.9. The van der Waals surface area contributed by atoms with Gasteiger partial charge in [0.05, 0.1) is 5.92 Å². The number of hydrogen-bond acceptors (Lipinski definition) is 5. The number of fused-ring (bicyclic) bond motifs is 2. The van der Waals surface area contributed by atoms with Crippen LogP contribution in [0.4, 0.5) is 0 Å². The lowest BCUT2D eigenvalue weighted by atomic mass is 9.60. The summed E-state index contributed by atoms with van der Waals surface area (Å²) in [5.74, 6) is -3.41. The van der Waals surface area contributed by atoms with Gasteiger partial charge in [-0.3, -0.25) is 4.79 Å². The Hall–Kier alpha value is -2.44. The van der Waals surface area contributed by atoms with E-state index in [1.165, 1.54) is 19.1 Å². The van der Waals surface area contributed by atoms with Crippen LogP contribution in [0.15, 0.2) is 30.3 Å². The summed E-state index contributed by atoms with van der Waals surface area (Å²) in [6.45, 7) is 5.17. The first-order chi connectivity index (χ1) is 12.5. The Labute approximate surface area is 157 Å². The summed E-state index contributed by atoms with van der Waals surface area (Å²) in [6, 6.07) is 7.80. The third-order valence-corrected chi connectivity index (χ3v) is 5.77. The number of ketones is 1. The molecule has 0 bridgehead atoms. The molecule has 0 saturated carbocycles. The second-order valence-corrected chi connectivity index (χ2v) is 7.85. The number of carboxylic acids is 1. The molecule has 27 heavy (non-hydrogen) atoms. The summed E-state index contributed by atoms with van der Waals surface area (Å²) < 4.78 is 0. The zero-order chi connectivity index (χ0) is 20.1. The molecule has 6 nitrogen and oxygen atoms in total. The Kier molecular flexibility index (Phi) is 4.52. The van der Waals surface area contributed by atoms with Crippen molar-refractivity contribution in [1.29, 1.82) is 0 Å². The Balaban J connectivity index is 2.37. The fraction of sp³-hybridized carbons (Fsp3) is 0.429. The maximum Gasteiger partial charge on any atom is 0.339 e. The highest BCUT2D eigenvalue weighted by molar-refractivity contribution is 6.08. The van der Waals surface area contributed by atoms with E-state index in [1.807, 2.05) is 13.8 Å². The van der Waals surface area contributed by atoms with E-state index in [0.29, 0.717) is 17.2 Å². The van der Waals surface area contributed by atoms with Gasteiger partial charge in [-0.25, -0.2) is 4.79 Å². The Bertz CT molecular complexity index is 934. The number of aliphatic carboxylic acids is 1. The van der Waals surface area contributed by atoms with Crippen LogP contribution >= 0.6 is 0 Å². The summed E-state index contributed by atoms with van der Waals surface area (Å²) in [4.78, 5) is 24.9. The number of hydrogen-bond donors (Lipinski definition) is 4. The van der Waals surface area contributed by atoms with Gasteiger partial charge in [-0.15, -0.1) is 0 Å². The molecule has 2 aromatic carbocycles. The van der Waals surface area contributed by atoms with Crippen LogP contribution in [0.2, 0.25) is 0 Å². The van der Waals surface area contributed by atoms with E-state index in [-0.39, 0.29) is 29.2 Å². The number of aliphatic hydroxyl groups is 2. The Morgan fingerprint density at radius 3 is 2.48 bits per heavy atom. The predicted octanol–water partition coefficient (Wildman–Crippen LogP) is 2.82. The van der Waals surface area contributed by atoms with Crippen LogP contribution in [0.5, 0.6) is 5.75 Å². The van der Waals surface area contributed by atoms with Gasteiger partial charge in [0.1, 0.15) is 11.4 Å². The topological polar surface area (TPSA) is 115 Å². The Morgan fingerprint density at radius 2 is 1.89 bits per heavy atom. The van der Waals surface area contributed by atoms with E-state index in [2.05, 4.69) is 0 Å². The quantitative estimate of drug-likeness (QED) is 0.656. The monoisotopic (exact) mass is 372 g/mol. The highest BCUT2D eigenvalue weighted by atomic mass is 16.4. The van der Waals surface area contributed by atoms with Crippen molar-refractivity contribution in [2.24, 2.45) is 11.8 Å². The van der Waals surface area contributed by atoms with Crippen molar-refractivity contribution in [3.8, 4) is 5.75 Å². The molecule has 1 aliphatic carbocycles. The molecular formula is C21H24O6. The molecule has 0 radical (unpaired) electrons. The summed E-state index contributed by atoms with van der Waals surface area (Å²) in [7, 11) is 0. The van der Waals surface area contributed by atoms with Gasteiger partial charge in [-0.2, -0.15) is 0 Å². The molecule has 0 unspecified atom stereocenters. The van der Waals surface area contributed by atoms with Crippen LogP contribution in [0.25, 0.3) is 10.8 Å². The molecule has 0 saturated heterocycles. The lowest BCUT2D eigenvalue weighted by molar-refractivity contribution is -0.210. The van der Waals surface area contributed by atoms with Gasteiger partial charge >= 0.3 is 5.97 Å². The molecule has 0 fully saturated rings. The number of carboxylic acid groups (broad SMARTS) is 1. The van der Waals surface area contributed by atoms with E-state index >= 15 is 0 Å². The first kappa shape index (κ1) is 19.3. The SMILES string of the molecule is CC(C)CC[C@]1(O)c2cc3c(O)cccc3cc2C(=O)[C@@H](C)[C@@]1(O)C(=O)O. The standard InChI is InChI=1S/C21H24O6/c1-11(2)7-8-20(26)16-10-14-13(5-4-6-17(14)22)9-15(16)18(23)12(3)21(20,27)19(24)25/h4-6,9-12,22,26-27H,7-8H2,1-3H3,(H,24,25)/t12-,20+,21-/m1/s1. The largest absolute Gasteiger partial charge is 0.507 e. The van der Waals surface area contributed by atoms with Crippen LogP contribution in [0.3, 0.4) is 0 Å². The molecular weight excluding hydrogens is 348 g/mol. The van der Waals surface area contributed by atoms with E-state index in [9.17, 15) is 30.0 Å². The number of rotatable bonds is 4. The van der Waals surface area contributed by atoms with Gasteiger partial charge in [0.2, 0.25) is 5.60 Å². The summed E-state index contributed by atoms with van der Waals surface area (Å²) >= 11 is 0. The van der Waals surface area contributed by atoms with Crippen LogP contribution < -0.4 is 0 Å². The van der Waals surface area contributed by atoms with Gasteiger partial charge < -0.3 is 20.4 Å². The van der Waals surface area contributed by atoms with Gasteiger partial charge in [0, 0.05) is 10.9 Å². The average Bonchev–Trinajstić information content (AvgIpc) is 2.62. The predicted molar refractivity (Wildman–Crippen MR) is 99.7 cm³/mol. The second kappa shape index (κ2) is 6.32. The van der Waals surface area contributed by atoms with Crippen LogP contribution in [0, 0.1) is 11.8 Å². The molecule has 0 spiro atoms. The third-order valence-electron chi connectivity index (χ3n) is 5.77. The van der Waals surface area contributed by atoms with E-state index in [0.717, 1.165) is 0 Å². The molecule has 144 valence electrons. The molecule has 0 amide bonds. The van der Waals surface area contributed by atoms with Crippen molar-refractivity contribution in [1.82, 2.24) is 0 Å². The number of phenolic OH excluding ortho intramolecular Hbond substituents is 1. The number of Topliss-reactive ketones (excluding diaryl/α,β-unsaturated/α-hetero) is 1. The minimum absolute atomic E-state index is 0.0306. The smallest absolute Gasteiger partial charge is 0.339 e. The van der Waals surface area contributed by atoms with Crippen molar-refractivity contribution >= 4 is 22.5 Å². The normalized spacial score (nSPS) is 27.8. The number of carbonyl (C=O) groups is 2. The third kappa shape index (κ3) is 2.63. The molecule has 1 aliphatic rings. The van der Waals surface area contributed by atoms with Gasteiger partial charge in [-0.1, -0.05) is 32.9 Å². The zero-order valence-corrected chi connectivity index (χ0v) is 15.6. The van der Waals surface area contributed by atoms with Gasteiger partial charge in [0.15, 0.2) is 5.78 Å². The molecule has 4 N–H and O–H groups in total. The first-order valence-electron chi connectivity index (χ1n) is 9.02. The molecule has 0 heterocycles. The molecule has 3 rings (SSSR count). The Morgan fingerprint density at radius 1 is 1.22 bits per heavy atom. The van der Waals surface area contributed by atoms with Crippen LogP contribution in [-0.2, 0) is 10.4 Å². The fourth-order valence-corrected chi connectivity index (χ4v) is 4.03. The van der Waals surface area contributed by atoms with Crippen molar-refractivity contribution in [3.05, 3.63) is 41.5 Å². The van der Waals surface area contributed by atoms with Crippen LogP contribution in [-0.4, -0.2) is 37.8 Å². The van der Waals surface area contributed by atoms with Crippen LogP contribution in [0.1, 0.15) is 49.5 Å². The van der Waals surface area contributed by atoms with E-state index < -0.39 is 28.9 Å². The van der Waals surface area contributed by atoms with E-state index in [1.54, 1.807) is 18.2 Å². The number of carbonyl (C=O) groups excluding carboxylic acids is 1. The van der Waals surface area contributed by atoms with E-state index in [4.69, 9.17) is 0 Å². The molecule has 0 aromatic heterocycles.